The maximum atomic E-state index is 10.2. The van der Waals surface area contributed by atoms with Crippen molar-refractivity contribution in [1.29, 1.82) is 0 Å². The Morgan fingerprint density at radius 3 is 2.73 bits per heavy atom. The molecular formula is C17H20O5. The number of hydrogen-bond acceptors (Lipinski definition) is 5. The molecule has 0 radical (unpaired) electrons. The molecule has 2 rings (SSSR count). The molecule has 1 aromatic rings. The molecule has 1 heterocycles. The average molecular weight is 304 g/mol. The molecule has 2 N–H and O–H groups in total. The van der Waals surface area contributed by atoms with Gasteiger partial charge < -0.3 is 24.4 Å². The van der Waals surface area contributed by atoms with Crippen LogP contribution in [0.3, 0.4) is 0 Å². The first-order valence-corrected chi connectivity index (χ1v) is 7.08. The summed E-state index contributed by atoms with van der Waals surface area (Å²) >= 11 is 0. The Kier molecular flexibility index (Phi) is 5.99. The van der Waals surface area contributed by atoms with E-state index in [9.17, 15) is 10.2 Å². The molecule has 1 aliphatic rings. The molecule has 1 saturated heterocycles. The van der Waals surface area contributed by atoms with Crippen molar-refractivity contribution < 1.29 is 24.4 Å². The molecule has 5 atom stereocenters. The highest BCUT2D eigenvalue weighted by Gasteiger charge is 2.42. The van der Waals surface area contributed by atoms with E-state index in [-0.39, 0.29) is 6.61 Å². The Morgan fingerprint density at radius 1 is 1.36 bits per heavy atom. The first-order valence-electron chi connectivity index (χ1n) is 7.08. The van der Waals surface area contributed by atoms with Gasteiger partial charge in [-0.1, -0.05) is 42.3 Å². The fourth-order valence-electron chi connectivity index (χ4n) is 2.18. The summed E-state index contributed by atoms with van der Waals surface area (Å²) in [5.74, 6) is 2.53. The maximum Gasteiger partial charge on any atom is 0.228 e. The van der Waals surface area contributed by atoms with Gasteiger partial charge in [0.1, 0.15) is 18.3 Å². The van der Waals surface area contributed by atoms with Crippen LogP contribution in [0.1, 0.15) is 18.6 Å². The largest absolute Gasteiger partial charge is 0.470 e. The van der Waals surface area contributed by atoms with Gasteiger partial charge in [0.05, 0.1) is 12.9 Å². The smallest absolute Gasteiger partial charge is 0.228 e. The van der Waals surface area contributed by atoms with Crippen molar-refractivity contribution in [1.82, 2.24) is 0 Å². The van der Waals surface area contributed by atoms with Gasteiger partial charge in [-0.2, -0.15) is 0 Å². The average Bonchev–Trinajstić information content (AvgIpc) is 2.56. The van der Waals surface area contributed by atoms with Gasteiger partial charge in [0.15, 0.2) is 6.10 Å². The Labute approximate surface area is 130 Å². The number of terminal acetylenes is 1. The third-order valence-electron chi connectivity index (χ3n) is 3.33. The second-order valence-corrected chi connectivity index (χ2v) is 4.92. The number of ether oxygens (including phenoxy) is 3. The van der Waals surface area contributed by atoms with Crippen molar-refractivity contribution in [3.63, 3.8) is 0 Å². The van der Waals surface area contributed by atoms with Crippen LogP contribution in [-0.2, 0) is 14.2 Å². The third-order valence-corrected chi connectivity index (χ3v) is 3.33. The maximum absolute atomic E-state index is 10.2. The zero-order valence-electron chi connectivity index (χ0n) is 12.3. The molecule has 0 amide bonds. The van der Waals surface area contributed by atoms with Crippen LogP contribution in [0.25, 0.3) is 0 Å². The molecular weight excluding hydrogens is 284 g/mol. The quantitative estimate of drug-likeness (QED) is 0.635. The summed E-state index contributed by atoms with van der Waals surface area (Å²) in [4.78, 5) is 0. The van der Waals surface area contributed by atoms with E-state index < -0.39 is 30.7 Å². The summed E-state index contributed by atoms with van der Waals surface area (Å²) < 4.78 is 16.5. The number of rotatable bonds is 5. The van der Waals surface area contributed by atoms with Crippen molar-refractivity contribution in [3.8, 4) is 12.3 Å². The van der Waals surface area contributed by atoms with Crippen molar-refractivity contribution >= 4 is 0 Å². The summed E-state index contributed by atoms with van der Waals surface area (Å²) in [7, 11) is 0. The summed E-state index contributed by atoms with van der Waals surface area (Å²) in [6, 6.07) is 9.23. The van der Waals surface area contributed by atoms with Gasteiger partial charge in [0, 0.05) is 0 Å². The first-order chi connectivity index (χ1) is 10.7. The molecule has 22 heavy (non-hydrogen) atoms. The first kappa shape index (κ1) is 16.5. The van der Waals surface area contributed by atoms with E-state index in [0.29, 0.717) is 0 Å². The number of allylic oxidation sites excluding steroid dienone is 1. The van der Waals surface area contributed by atoms with Crippen LogP contribution in [-0.4, -0.2) is 41.4 Å². The van der Waals surface area contributed by atoms with Crippen molar-refractivity contribution in [2.75, 3.05) is 6.61 Å². The van der Waals surface area contributed by atoms with Crippen LogP contribution in [0.15, 0.2) is 42.7 Å². The van der Waals surface area contributed by atoms with Gasteiger partial charge >= 0.3 is 0 Å². The highest BCUT2D eigenvalue weighted by molar-refractivity contribution is 5.23. The van der Waals surface area contributed by atoms with E-state index in [1.807, 2.05) is 30.3 Å². The molecule has 0 aliphatic carbocycles. The number of benzene rings is 1. The van der Waals surface area contributed by atoms with Crippen molar-refractivity contribution in [2.24, 2.45) is 0 Å². The Hall–Kier alpha value is -1.84. The molecule has 0 spiro atoms. The van der Waals surface area contributed by atoms with Crippen molar-refractivity contribution in [2.45, 2.75) is 37.6 Å². The van der Waals surface area contributed by atoms with Crippen LogP contribution in [0, 0.1) is 12.3 Å². The number of aliphatic hydroxyl groups is 2. The van der Waals surface area contributed by atoms with E-state index >= 15 is 0 Å². The predicted octanol–water partition coefficient (Wildman–Crippen LogP) is 1.37. The monoisotopic (exact) mass is 304 g/mol. The minimum absolute atomic E-state index is 0.0324. The fourth-order valence-corrected chi connectivity index (χ4v) is 2.18. The van der Waals surface area contributed by atoms with Gasteiger partial charge in [-0.3, -0.25) is 0 Å². The van der Waals surface area contributed by atoms with Crippen LogP contribution in [0.2, 0.25) is 0 Å². The van der Waals surface area contributed by atoms with Gasteiger partial charge in [-0.15, -0.1) is 6.42 Å². The topological polar surface area (TPSA) is 68.2 Å². The van der Waals surface area contributed by atoms with Crippen LogP contribution in [0.5, 0.6) is 0 Å². The third kappa shape index (κ3) is 3.87. The van der Waals surface area contributed by atoms with E-state index in [4.69, 9.17) is 20.6 Å². The van der Waals surface area contributed by atoms with E-state index in [1.54, 1.807) is 13.0 Å². The second kappa shape index (κ2) is 7.97. The zero-order valence-corrected chi connectivity index (χ0v) is 12.3. The summed E-state index contributed by atoms with van der Waals surface area (Å²) in [5.41, 5.74) is 0.780. The number of hydrogen-bond donors (Lipinski definition) is 2. The van der Waals surface area contributed by atoms with Crippen LogP contribution < -0.4 is 0 Å². The van der Waals surface area contributed by atoms with E-state index in [1.165, 1.54) is 6.26 Å². The Morgan fingerprint density at radius 2 is 2.09 bits per heavy atom. The van der Waals surface area contributed by atoms with Crippen LogP contribution >= 0.6 is 0 Å². The second-order valence-electron chi connectivity index (χ2n) is 4.92. The lowest BCUT2D eigenvalue weighted by atomic mass is 10.0. The summed E-state index contributed by atoms with van der Waals surface area (Å²) in [6.07, 6.45) is 4.05. The minimum atomic E-state index is -1.15. The molecule has 0 bridgehead atoms. The zero-order chi connectivity index (χ0) is 15.9. The lowest BCUT2D eigenvalue weighted by molar-refractivity contribution is -0.272. The molecule has 5 nitrogen and oxygen atoms in total. The molecule has 1 aliphatic heterocycles. The molecule has 1 unspecified atom stereocenters. The van der Waals surface area contributed by atoms with E-state index in [2.05, 4.69) is 5.92 Å². The van der Waals surface area contributed by atoms with E-state index in [0.717, 1.165) is 5.56 Å². The SMILES string of the molecule is C#CC(O[C@@H]1[C@@H](O/C=C/C)OC[C@@H](O)[C@@H]1O)c1ccccc1. The Bertz CT molecular complexity index is 522. The highest BCUT2D eigenvalue weighted by Crippen LogP contribution is 2.26. The van der Waals surface area contributed by atoms with Gasteiger partial charge in [-0.05, 0) is 12.5 Å². The minimum Gasteiger partial charge on any atom is -0.470 e. The van der Waals surface area contributed by atoms with Crippen molar-refractivity contribution in [3.05, 3.63) is 48.2 Å². The van der Waals surface area contributed by atoms with Gasteiger partial charge in [-0.25, -0.2) is 0 Å². The standard InChI is InChI=1S/C17H20O5/c1-3-10-20-17-16(15(19)13(18)11-21-17)22-14(4-2)12-8-6-5-7-9-12/h2-3,5-10,13-19H,11H2,1H3/b10-3+/t13-,14?,15+,16+,17+/m1/s1. The normalized spacial score (nSPS) is 29.9. The molecule has 118 valence electrons. The number of aliphatic hydroxyl groups excluding tert-OH is 2. The predicted molar refractivity (Wildman–Crippen MR) is 80.5 cm³/mol. The molecule has 1 fully saturated rings. The van der Waals surface area contributed by atoms with Crippen LogP contribution in [0.4, 0.5) is 0 Å². The lowest BCUT2D eigenvalue weighted by Crippen LogP contribution is -2.54. The highest BCUT2D eigenvalue weighted by atomic mass is 16.7. The lowest BCUT2D eigenvalue weighted by Gasteiger charge is -2.38. The molecule has 5 heteroatoms. The molecule has 0 saturated carbocycles. The summed E-state index contributed by atoms with van der Waals surface area (Å²) in [5, 5.41) is 19.9. The summed E-state index contributed by atoms with van der Waals surface area (Å²) in [6.45, 7) is 1.76. The van der Waals surface area contributed by atoms with Gasteiger partial charge in [0.25, 0.3) is 0 Å². The Balaban J connectivity index is 2.15. The fraction of sp³-hybridized carbons (Fsp3) is 0.412. The van der Waals surface area contributed by atoms with Gasteiger partial charge in [0.2, 0.25) is 6.29 Å². The molecule has 1 aromatic carbocycles. The molecule has 0 aromatic heterocycles.